The Morgan fingerprint density at radius 1 is 1.28 bits per heavy atom. The summed E-state index contributed by atoms with van der Waals surface area (Å²) in [6.07, 6.45) is 2.75. The number of aromatic amines is 1. The van der Waals surface area contributed by atoms with Gasteiger partial charge in [0.05, 0.1) is 0 Å². The SMILES string of the molecule is CCc1cc2c(-c3cc(Cl)cc4c3O[C@@H](C(=O)N3CCNCC3)C4)ccnc2[nH]1. The minimum absolute atomic E-state index is 0.0551. The van der Waals surface area contributed by atoms with Crippen LogP contribution in [0.25, 0.3) is 22.2 Å². The van der Waals surface area contributed by atoms with Crippen LogP contribution in [0.2, 0.25) is 5.02 Å². The molecule has 0 unspecified atom stereocenters. The van der Waals surface area contributed by atoms with Gasteiger partial charge in [0.25, 0.3) is 5.91 Å². The summed E-state index contributed by atoms with van der Waals surface area (Å²) in [5.74, 6) is 0.814. The Balaban J connectivity index is 1.54. The van der Waals surface area contributed by atoms with Crippen molar-refractivity contribution in [2.45, 2.75) is 25.9 Å². The van der Waals surface area contributed by atoms with Crippen molar-refractivity contribution in [1.29, 1.82) is 0 Å². The molecule has 5 rings (SSSR count). The van der Waals surface area contributed by atoms with Gasteiger partial charge >= 0.3 is 0 Å². The molecule has 1 atom stereocenters. The lowest BCUT2D eigenvalue weighted by Gasteiger charge is -2.29. The number of amides is 1. The van der Waals surface area contributed by atoms with Crippen LogP contribution in [0.4, 0.5) is 0 Å². The second kappa shape index (κ2) is 7.35. The highest BCUT2D eigenvalue weighted by molar-refractivity contribution is 6.31. The Bertz CT molecular complexity index is 1090. The van der Waals surface area contributed by atoms with E-state index in [2.05, 4.69) is 28.3 Å². The zero-order valence-electron chi connectivity index (χ0n) is 16.3. The summed E-state index contributed by atoms with van der Waals surface area (Å²) in [6, 6.07) is 7.95. The zero-order valence-corrected chi connectivity index (χ0v) is 17.1. The minimum atomic E-state index is -0.491. The maximum atomic E-state index is 13.0. The maximum Gasteiger partial charge on any atom is 0.264 e. The molecule has 0 spiro atoms. The predicted molar refractivity (Wildman–Crippen MR) is 113 cm³/mol. The first kappa shape index (κ1) is 18.5. The van der Waals surface area contributed by atoms with Crippen LogP contribution >= 0.6 is 11.6 Å². The van der Waals surface area contributed by atoms with Gasteiger partial charge in [-0.05, 0) is 36.2 Å². The number of benzene rings is 1. The van der Waals surface area contributed by atoms with Crippen molar-refractivity contribution < 1.29 is 9.53 Å². The number of H-pyrrole nitrogens is 1. The summed E-state index contributed by atoms with van der Waals surface area (Å²) < 4.78 is 6.24. The van der Waals surface area contributed by atoms with Crippen LogP contribution < -0.4 is 10.1 Å². The number of hydrogen-bond donors (Lipinski definition) is 2. The van der Waals surface area contributed by atoms with E-state index >= 15 is 0 Å². The fourth-order valence-corrected chi connectivity index (χ4v) is 4.50. The van der Waals surface area contributed by atoms with Crippen molar-refractivity contribution in [3.05, 3.63) is 46.7 Å². The van der Waals surface area contributed by atoms with E-state index < -0.39 is 6.10 Å². The molecule has 2 N–H and O–H groups in total. The number of nitrogens with one attached hydrogen (secondary N) is 2. The van der Waals surface area contributed by atoms with Gasteiger partial charge in [-0.2, -0.15) is 0 Å². The molecule has 7 heteroatoms. The van der Waals surface area contributed by atoms with Gasteiger partial charge in [-0.15, -0.1) is 0 Å². The third-order valence-corrected chi connectivity index (χ3v) is 5.98. The topological polar surface area (TPSA) is 70.2 Å². The minimum Gasteiger partial charge on any atom is -0.479 e. The fourth-order valence-electron chi connectivity index (χ4n) is 4.26. The number of carbonyl (C=O) groups is 1. The van der Waals surface area contributed by atoms with Crippen LogP contribution in [0.15, 0.2) is 30.5 Å². The monoisotopic (exact) mass is 410 g/mol. The van der Waals surface area contributed by atoms with E-state index in [1.54, 1.807) is 6.20 Å². The Kier molecular flexibility index (Phi) is 4.68. The number of ether oxygens (including phenoxy) is 1. The second-order valence-corrected chi connectivity index (χ2v) is 8.03. The molecule has 6 nitrogen and oxygen atoms in total. The summed E-state index contributed by atoms with van der Waals surface area (Å²) in [5.41, 5.74) is 4.89. The molecule has 1 saturated heterocycles. The Morgan fingerprint density at radius 2 is 2.10 bits per heavy atom. The highest BCUT2D eigenvalue weighted by Crippen LogP contribution is 2.43. The van der Waals surface area contributed by atoms with Gasteiger partial charge in [0.2, 0.25) is 0 Å². The number of piperazine rings is 1. The van der Waals surface area contributed by atoms with Crippen LogP contribution in [0.5, 0.6) is 5.75 Å². The molecule has 0 bridgehead atoms. The highest BCUT2D eigenvalue weighted by atomic mass is 35.5. The number of halogens is 1. The molecule has 0 aliphatic carbocycles. The van der Waals surface area contributed by atoms with E-state index in [0.29, 0.717) is 11.4 Å². The van der Waals surface area contributed by atoms with Gasteiger partial charge in [-0.25, -0.2) is 4.98 Å². The molecule has 1 fully saturated rings. The van der Waals surface area contributed by atoms with Crippen molar-refractivity contribution >= 4 is 28.5 Å². The Labute approximate surface area is 174 Å². The molecular weight excluding hydrogens is 388 g/mol. The quantitative estimate of drug-likeness (QED) is 0.695. The molecule has 2 aliphatic heterocycles. The third-order valence-electron chi connectivity index (χ3n) is 5.76. The van der Waals surface area contributed by atoms with Crippen molar-refractivity contribution in [3.8, 4) is 16.9 Å². The van der Waals surface area contributed by atoms with Crippen LogP contribution in [0, 0.1) is 0 Å². The molecule has 0 radical (unpaired) electrons. The van der Waals surface area contributed by atoms with Crippen LogP contribution in [0.3, 0.4) is 0 Å². The predicted octanol–water partition coefficient (Wildman–Crippen LogP) is 3.18. The average molecular weight is 411 g/mol. The lowest BCUT2D eigenvalue weighted by atomic mass is 9.99. The summed E-state index contributed by atoms with van der Waals surface area (Å²) in [6.45, 7) is 5.19. The van der Waals surface area contributed by atoms with Crippen LogP contribution in [-0.4, -0.2) is 53.1 Å². The molecule has 2 aliphatic rings. The van der Waals surface area contributed by atoms with E-state index in [-0.39, 0.29) is 5.91 Å². The lowest BCUT2D eigenvalue weighted by Crippen LogP contribution is -2.50. The van der Waals surface area contributed by atoms with Gasteiger partial charge < -0.3 is 19.9 Å². The van der Waals surface area contributed by atoms with Crippen molar-refractivity contribution in [2.24, 2.45) is 0 Å². The van der Waals surface area contributed by atoms with E-state index in [1.165, 1.54) is 0 Å². The molecule has 1 aromatic carbocycles. The molecule has 2 aromatic heterocycles. The van der Waals surface area contributed by atoms with Crippen molar-refractivity contribution in [2.75, 3.05) is 26.2 Å². The molecule has 150 valence electrons. The zero-order chi connectivity index (χ0) is 20.0. The largest absolute Gasteiger partial charge is 0.479 e. The Morgan fingerprint density at radius 3 is 2.90 bits per heavy atom. The van der Waals surface area contributed by atoms with Crippen molar-refractivity contribution in [1.82, 2.24) is 20.2 Å². The van der Waals surface area contributed by atoms with Gasteiger partial charge in [0, 0.05) is 66.0 Å². The summed E-state index contributed by atoms with van der Waals surface area (Å²) >= 11 is 6.46. The fraction of sp³-hybridized carbons (Fsp3) is 0.364. The first-order valence-corrected chi connectivity index (χ1v) is 10.5. The molecule has 29 heavy (non-hydrogen) atoms. The van der Waals surface area contributed by atoms with E-state index in [9.17, 15) is 4.79 Å². The van der Waals surface area contributed by atoms with Gasteiger partial charge in [-0.3, -0.25) is 4.79 Å². The summed E-state index contributed by atoms with van der Waals surface area (Å²) in [4.78, 5) is 22.7. The molecular formula is C22H23ClN4O2. The molecule has 1 amide bonds. The second-order valence-electron chi connectivity index (χ2n) is 7.60. The first-order valence-electron chi connectivity index (χ1n) is 10.1. The standard InChI is InChI=1S/C22H23ClN4O2/c1-2-15-12-18-16(3-4-25-21(18)26-15)17-11-14(23)9-13-10-19(29-20(13)17)22(28)27-7-5-24-6-8-27/h3-4,9,11-12,19,24H,2,5-8,10H2,1H3,(H,25,26)/t19-/m1/s1. The lowest BCUT2D eigenvalue weighted by molar-refractivity contribution is -0.138. The van der Waals surface area contributed by atoms with E-state index in [4.69, 9.17) is 16.3 Å². The summed E-state index contributed by atoms with van der Waals surface area (Å²) in [5, 5.41) is 4.96. The maximum absolute atomic E-state index is 13.0. The van der Waals surface area contributed by atoms with Crippen LogP contribution in [0.1, 0.15) is 18.2 Å². The number of nitrogens with zero attached hydrogens (tertiary/aromatic N) is 2. The van der Waals surface area contributed by atoms with Gasteiger partial charge in [0.1, 0.15) is 11.4 Å². The summed E-state index contributed by atoms with van der Waals surface area (Å²) in [7, 11) is 0. The Hall–Kier alpha value is -2.57. The number of fused-ring (bicyclic) bond motifs is 2. The highest BCUT2D eigenvalue weighted by Gasteiger charge is 2.35. The number of aryl methyl sites for hydroxylation is 1. The molecule has 4 heterocycles. The third kappa shape index (κ3) is 3.26. The number of pyridine rings is 1. The van der Waals surface area contributed by atoms with E-state index in [1.807, 2.05) is 23.1 Å². The smallest absolute Gasteiger partial charge is 0.264 e. The first-order chi connectivity index (χ1) is 14.1. The van der Waals surface area contributed by atoms with Crippen molar-refractivity contribution in [3.63, 3.8) is 0 Å². The van der Waals surface area contributed by atoms with E-state index in [0.717, 1.165) is 71.8 Å². The normalized spacial score (nSPS) is 18.7. The number of aromatic nitrogens is 2. The number of rotatable bonds is 3. The molecule has 3 aromatic rings. The van der Waals surface area contributed by atoms with Crippen LogP contribution in [-0.2, 0) is 17.6 Å². The van der Waals surface area contributed by atoms with Gasteiger partial charge in [0.15, 0.2) is 6.10 Å². The van der Waals surface area contributed by atoms with Gasteiger partial charge in [-0.1, -0.05) is 18.5 Å². The number of carbonyl (C=O) groups excluding carboxylic acids is 1. The average Bonchev–Trinajstić information content (AvgIpc) is 3.36. The number of hydrogen-bond acceptors (Lipinski definition) is 4. The molecule has 0 saturated carbocycles.